The summed E-state index contributed by atoms with van der Waals surface area (Å²) >= 11 is 14.1. The van der Waals surface area contributed by atoms with Crippen molar-refractivity contribution in [3.05, 3.63) is 0 Å². The number of hydrogen-bond donors (Lipinski definition) is 0. The molecule has 0 N–H and O–H groups in total. The van der Waals surface area contributed by atoms with Crippen LogP contribution in [0.3, 0.4) is 0 Å². The quantitative estimate of drug-likeness (QED) is 0.0774. The monoisotopic (exact) mass is 1030 g/mol. The number of hydrogen-bond acceptors (Lipinski definition) is 0. The van der Waals surface area contributed by atoms with Gasteiger partial charge in [0.05, 0.1) is 5.54 Å². The van der Waals surface area contributed by atoms with Crippen LogP contribution in [-0.2, 0) is 0 Å². The average Bonchev–Trinajstić information content (AvgIpc) is 2.97. The second-order valence-corrected chi connectivity index (χ2v) is 20.1. The molecule has 0 rings (SSSR count). The van der Waals surface area contributed by atoms with Crippen molar-refractivity contribution in [2.45, 2.75) is 113 Å². The summed E-state index contributed by atoms with van der Waals surface area (Å²) in [6.07, 6.45) is -8.44. The van der Waals surface area contributed by atoms with E-state index in [1.165, 1.54) is 0 Å². The molecule has 0 saturated carbocycles. The summed E-state index contributed by atoms with van der Waals surface area (Å²) in [5, 5.41) is 0. The molecular formula is C19H4Cl3F35Si. The lowest BCUT2D eigenvalue weighted by Crippen LogP contribution is -2.80. The third kappa shape index (κ3) is 6.57. The highest BCUT2D eigenvalue weighted by atomic mass is 35.8. The van der Waals surface area contributed by atoms with Gasteiger partial charge in [0.2, 0.25) is 0 Å². The molecule has 0 bridgehead atoms. The van der Waals surface area contributed by atoms with Crippen LogP contribution in [0, 0.1) is 0 Å². The zero-order valence-electron chi connectivity index (χ0n) is 24.9. The fraction of sp³-hybridized carbons (Fsp3) is 1.00. The Balaban J connectivity index is 7.86. The van der Waals surface area contributed by atoms with Crippen molar-refractivity contribution in [3.8, 4) is 0 Å². The molecule has 0 heterocycles. The van der Waals surface area contributed by atoms with Gasteiger partial charge in [-0.1, -0.05) is 6.92 Å². The molecule has 0 fully saturated rings. The Morgan fingerprint density at radius 3 is 0.483 bits per heavy atom. The molecule has 0 aromatic heterocycles. The van der Waals surface area contributed by atoms with Gasteiger partial charge in [-0.3, -0.25) is 0 Å². The largest absolute Gasteiger partial charge is 0.460 e. The van der Waals surface area contributed by atoms with Crippen molar-refractivity contribution in [2.24, 2.45) is 0 Å². The maximum Gasteiger partial charge on any atom is 0.460 e. The van der Waals surface area contributed by atoms with E-state index < -0.39 is 119 Å². The second kappa shape index (κ2) is 13.8. The van der Waals surface area contributed by atoms with Gasteiger partial charge in [-0.25, -0.2) is 0 Å². The van der Waals surface area contributed by atoms with Gasteiger partial charge in [0.25, 0.3) is 0 Å². The summed E-state index contributed by atoms with van der Waals surface area (Å²) in [6.45, 7) is -0.662. The standard InChI is InChI=1S/C19H4Cl3F35Si/c1-2(58(20,21)22)3(23,24)4(25,26)5(27,28)6(29,30)7(31,32)8(33,34)9(35,36)10(37,38)11(39,40)12(41,42)13(43,44)14(45,46)15(47,48)16(49,50)17(51,52)18(53,54)19(55,56)57/h2H,1H3. The summed E-state index contributed by atoms with van der Waals surface area (Å²) in [6, 6.07) is -5.82. The van der Waals surface area contributed by atoms with Crippen molar-refractivity contribution in [1.29, 1.82) is 0 Å². The van der Waals surface area contributed by atoms with Crippen LogP contribution in [0.15, 0.2) is 0 Å². The van der Waals surface area contributed by atoms with E-state index in [4.69, 9.17) is 33.2 Å². The van der Waals surface area contributed by atoms with Gasteiger partial charge in [0, 0.05) is 0 Å². The molecule has 39 heteroatoms. The highest BCUT2D eigenvalue weighted by Crippen LogP contribution is 2.71. The fourth-order valence-corrected chi connectivity index (χ4v) is 5.25. The number of halogens is 38. The first kappa shape index (κ1) is 56.6. The number of rotatable bonds is 17. The van der Waals surface area contributed by atoms with Crippen LogP contribution in [0.1, 0.15) is 6.92 Å². The average molecular weight is 1030 g/mol. The minimum Gasteiger partial charge on any atom is -0.200 e. The van der Waals surface area contributed by atoms with Crippen molar-refractivity contribution < 1.29 is 154 Å². The Morgan fingerprint density at radius 2 is 0.362 bits per heavy atom. The predicted molar refractivity (Wildman–Crippen MR) is 118 cm³/mol. The predicted octanol–water partition coefficient (Wildman–Crippen LogP) is 13.8. The molecule has 0 amide bonds. The third-order valence-electron chi connectivity index (χ3n) is 7.33. The lowest BCUT2D eigenvalue weighted by Gasteiger charge is -2.47. The second-order valence-electron chi connectivity index (χ2n) is 11.0. The summed E-state index contributed by atoms with van der Waals surface area (Å²) in [7, 11) is 0. The summed E-state index contributed by atoms with van der Waals surface area (Å²) in [5.74, 6) is -155. The Kier molecular flexibility index (Phi) is 13.5. The SMILES string of the molecule is CC(C(F)(F)C(F)(F)C(F)(F)C(F)(F)C(F)(F)C(F)(F)C(F)(F)C(F)(F)C(F)(F)C(F)(F)C(F)(F)C(F)(F)C(F)(F)C(F)(F)C(F)(F)C(F)(F)C(F)(F)F)[Si](Cl)(Cl)Cl. The van der Waals surface area contributed by atoms with Crippen molar-refractivity contribution in [2.75, 3.05) is 0 Å². The first-order valence-electron chi connectivity index (χ1n) is 12.3. The molecule has 0 aromatic rings. The van der Waals surface area contributed by atoms with E-state index in [2.05, 4.69) is 0 Å². The van der Waals surface area contributed by atoms with Gasteiger partial charge in [-0.2, -0.15) is 154 Å². The van der Waals surface area contributed by atoms with Crippen LogP contribution in [-0.4, -0.2) is 107 Å². The van der Waals surface area contributed by atoms with Crippen LogP contribution < -0.4 is 0 Å². The van der Waals surface area contributed by atoms with E-state index >= 15 is 0 Å². The first-order valence-corrected chi connectivity index (χ1v) is 17.4. The first-order chi connectivity index (χ1) is 24.2. The molecule has 0 nitrogen and oxygen atoms in total. The Labute approximate surface area is 307 Å². The van der Waals surface area contributed by atoms with E-state index in [0.717, 1.165) is 0 Å². The van der Waals surface area contributed by atoms with Crippen LogP contribution in [0.5, 0.6) is 0 Å². The molecule has 0 aliphatic carbocycles. The number of alkyl halides is 35. The van der Waals surface area contributed by atoms with Crippen LogP contribution in [0.4, 0.5) is 154 Å². The van der Waals surface area contributed by atoms with Crippen molar-refractivity contribution in [3.63, 3.8) is 0 Å². The molecule has 0 aliphatic heterocycles. The Hall–Kier alpha value is -1.36. The molecule has 0 radical (unpaired) electrons. The van der Waals surface area contributed by atoms with Gasteiger partial charge in [-0.05, 0) is 0 Å². The molecule has 0 aliphatic rings. The Bertz CT molecular complexity index is 1500. The van der Waals surface area contributed by atoms with Crippen LogP contribution in [0.25, 0.3) is 0 Å². The van der Waals surface area contributed by atoms with Crippen LogP contribution in [0.2, 0.25) is 5.54 Å². The highest BCUT2D eigenvalue weighted by Gasteiger charge is 3.02. The third-order valence-corrected chi connectivity index (χ3v) is 11.6. The van der Waals surface area contributed by atoms with Gasteiger partial charge < -0.3 is 0 Å². The maximum absolute atomic E-state index is 14.0. The molecule has 0 aromatic carbocycles. The zero-order chi connectivity index (χ0) is 48.6. The molecule has 0 spiro atoms. The van der Waals surface area contributed by atoms with Crippen molar-refractivity contribution >= 4 is 39.2 Å². The van der Waals surface area contributed by atoms with E-state index in [9.17, 15) is 154 Å². The summed E-state index contributed by atoms with van der Waals surface area (Å²) < 4.78 is 477. The summed E-state index contributed by atoms with van der Waals surface area (Å²) in [5.41, 5.74) is -4.15. The van der Waals surface area contributed by atoms with E-state index in [1.807, 2.05) is 0 Å². The minimum atomic E-state index is -10.3. The lowest BCUT2D eigenvalue weighted by molar-refractivity contribution is -0.492. The smallest absolute Gasteiger partial charge is 0.200 e. The van der Waals surface area contributed by atoms with Gasteiger partial charge in [0.1, 0.15) is 0 Å². The molecule has 0 saturated heterocycles. The Morgan fingerprint density at radius 1 is 0.241 bits per heavy atom. The fourth-order valence-electron chi connectivity index (χ4n) is 3.43. The molecule has 1 unspecified atom stereocenters. The van der Waals surface area contributed by atoms with Gasteiger partial charge in [0.15, 0.2) is 0 Å². The highest BCUT2D eigenvalue weighted by molar-refractivity contribution is 7.65. The molecule has 58 heavy (non-hydrogen) atoms. The lowest BCUT2D eigenvalue weighted by atomic mass is 9.82. The van der Waals surface area contributed by atoms with Crippen LogP contribution >= 0.6 is 33.2 Å². The van der Waals surface area contributed by atoms with E-state index in [0.29, 0.717) is 0 Å². The van der Waals surface area contributed by atoms with Gasteiger partial charge in [-0.15, -0.1) is 33.2 Å². The van der Waals surface area contributed by atoms with E-state index in [-0.39, 0.29) is 0 Å². The van der Waals surface area contributed by atoms with E-state index in [1.54, 1.807) is 0 Å². The van der Waals surface area contributed by atoms with Crippen molar-refractivity contribution in [1.82, 2.24) is 0 Å². The molecule has 1 atom stereocenters. The zero-order valence-corrected chi connectivity index (χ0v) is 28.2. The normalized spacial score (nSPS) is 17.8. The minimum absolute atomic E-state index is 0.662. The van der Waals surface area contributed by atoms with Gasteiger partial charge >= 0.3 is 107 Å². The maximum atomic E-state index is 14.0. The molecular weight excluding hydrogens is 1030 g/mol. The molecule has 350 valence electrons. The summed E-state index contributed by atoms with van der Waals surface area (Å²) in [4.78, 5) is 0. The topological polar surface area (TPSA) is 0 Å².